The van der Waals surface area contributed by atoms with Crippen LogP contribution in [0.2, 0.25) is 5.02 Å². The fourth-order valence-corrected chi connectivity index (χ4v) is 2.18. The van der Waals surface area contributed by atoms with E-state index in [1.165, 1.54) is 13.2 Å². The first kappa shape index (κ1) is 17.4. The van der Waals surface area contributed by atoms with E-state index in [0.717, 1.165) is 0 Å². The highest BCUT2D eigenvalue weighted by Crippen LogP contribution is 2.27. The van der Waals surface area contributed by atoms with Gasteiger partial charge in [0.1, 0.15) is 23.1 Å². The van der Waals surface area contributed by atoms with Crippen molar-refractivity contribution in [3.63, 3.8) is 0 Å². The van der Waals surface area contributed by atoms with Gasteiger partial charge in [-0.25, -0.2) is 0 Å². The number of nitrogens with one attached hydrogen (secondary N) is 1. The Bertz CT molecular complexity index is 825. The molecule has 6 heteroatoms. The Morgan fingerprint density at radius 2 is 1.96 bits per heavy atom. The molecule has 0 spiro atoms. The zero-order valence-electron chi connectivity index (χ0n) is 13.2. The van der Waals surface area contributed by atoms with Crippen molar-refractivity contribution in [1.29, 1.82) is 5.26 Å². The number of anilines is 1. The molecule has 5 nitrogen and oxygen atoms in total. The minimum Gasteiger partial charge on any atom is -0.497 e. The Labute approximate surface area is 145 Å². The quantitative estimate of drug-likeness (QED) is 0.660. The molecule has 0 atom stereocenters. The van der Waals surface area contributed by atoms with E-state index in [2.05, 4.69) is 5.32 Å². The van der Waals surface area contributed by atoms with E-state index >= 15 is 0 Å². The van der Waals surface area contributed by atoms with Crippen LogP contribution in [0.1, 0.15) is 5.56 Å². The van der Waals surface area contributed by atoms with E-state index in [1.807, 2.05) is 6.07 Å². The van der Waals surface area contributed by atoms with Crippen LogP contribution in [0, 0.1) is 11.3 Å². The van der Waals surface area contributed by atoms with Gasteiger partial charge in [-0.3, -0.25) is 4.79 Å². The van der Waals surface area contributed by atoms with E-state index in [1.54, 1.807) is 49.6 Å². The van der Waals surface area contributed by atoms with Gasteiger partial charge < -0.3 is 14.8 Å². The number of halogens is 1. The number of benzene rings is 2. The predicted molar refractivity (Wildman–Crippen MR) is 93.2 cm³/mol. The van der Waals surface area contributed by atoms with Crippen molar-refractivity contribution in [1.82, 2.24) is 0 Å². The lowest BCUT2D eigenvalue weighted by molar-refractivity contribution is -0.112. The van der Waals surface area contributed by atoms with E-state index in [0.29, 0.717) is 27.8 Å². The van der Waals surface area contributed by atoms with Crippen LogP contribution in [0.25, 0.3) is 6.08 Å². The molecule has 0 heterocycles. The smallest absolute Gasteiger partial charge is 0.266 e. The third-order valence-electron chi connectivity index (χ3n) is 3.23. The first-order valence-corrected chi connectivity index (χ1v) is 7.36. The van der Waals surface area contributed by atoms with E-state index in [9.17, 15) is 10.1 Å². The van der Waals surface area contributed by atoms with Crippen LogP contribution in [0.5, 0.6) is 11.5 Å². The minimum atomic E-state index is -0.552. The van der Waals surface area contributed by atoms with E-state index in [-0.39, 0.29) is 5.57 Å². The number of nitrogens with zero attached hydrogens (tertiary/aromatic N) is 1. The highest BCUT2D eigenvalue weighted by atomic mass is 35.5. The van der Waals surface area contributed by atoms with Gasteiger partial charge in [-0.2, -0.15) is 5.26 Å². The molecule has 0 aliphatic carbocycles. The molecule has 122 valence electrons. The molecule has 0 saturated heterocycles. The summed E-state index contributed by atoms with van der Waals surface area (Å²) in [6, 6.07) is 13.8. The van der Waals surface area contributed by atoms with Crippen molar-refractivity contribution in [3.05, 3.63) is 58.6 Å². The fourth-order valence-electron chi connectivity index (χ4n) is 1.99. The van der Waals surface area contributed by atoms with Crippen LogP contribution >= 0.6 is 11.6 Å². The lowest BCUT2D eigenvalue weighted by Gasteiger charge is -2.09. The molecule has 2 aromatic carbocycles. The first-order chi connectivity index (χ1) is 11.6. The molecule has 0 aliphatic rings. The molecule has 1 amide bonds. The molecular formula is C18H15ClN2O3. The summed E-state index contributed by atoms with van der Waals surface area (Å²) < 4.78 is 10.4. The van der Waals surface area contributed by atoms with Crippen molar-refractivity contribution in [2.75, 3.05) is 19.5 Å². The molecular weight excluding hydrogens is 328 g/mol. The Balaban J connectivity index is 2.31. The summed E-state index contributed by atoms with van der Waals surface area (Å²) in [5.41, 5.74) is 0.953. The average molecular weight is 343 g/mol. The van der Waals surface area contributed by atoms with Gasteiger partial charge in [0, 0.05) is 11.6 Å². The molecule has 0 bridgehead atoms. The van der Waals surface area contributed by atoms with Crippen molar-refractivity contribution in [2.24, 2.45) is 0 Å². The fraction of sp³-hybridized carbons (Fsp3) is 0.111. The topological polar surface area (TPSA) is 71.3 Å². The van der Waals surface area contributed by atoms with Gasteiger partial charge in [0.05, 0.1) is 24.9 Å². The zero-order chi connectivity index (χ0) is 17.5. The summed E-state index contributed by atoms with van der Waals surface area (Å²) in [5, 5.41) is 12.3. The van der Waals surface area contributed by atoms with Crippen molar-refractivity contribution in [2.45, 2.75) is 0 Å². The van der Waals surface area contributed by atoms with Gasteiger partial charge in [-0.05, 0) is 30.3 Å². The van der Waals surface area contributed by atoms with Crippen LogP contribution in [0.3, 0.4) is 0 Å². The molecule has 2 rings (SSSR count). The Morgan fingerprint density at radius 3 is 2.58 bits per heavy atom. The van der Waals surface area contributed by atoms with E-state index < -0.39 is 5.91 Å². The van der Waals surface area contributed by atoms with E-state index in [4.69, 9.17) is 21.1 Å². The molecule has 2 aromatic rings. The van der Waals surface area contributed by atoms with Gasteiger partial charge in [0.25, 0.3) is 5.91 Å². The lowest BCUT2D eigenvalue weighted by atomic mass is 10.1. The van der Waals surface area contributed by atoms with Crippen LogP contribution in [-0.2, 0) is 4.79 Å². The monoisotopic (exact) mass is 342 g/mol. The largest absolute Gasteiger partial charge is 0.497 e. The third kappa shape index (κ3) is 4.06. The Hall–Kier alpha value is -2.97. The number of carbonyl (C=O) groups is 1. The Kier molecular flexibility index (Phi) is 5.83. The summed E-state index contributed by atoms with van der Waals surface area (Å²) in [7, 11) is 3.05. The number of carbonyl (C=O) groups excluding carboxylic acids is 1. The number of para-hydroxylation sites is 1. The summed E-state index contributed by atoms with van der Waals surface area (Å²) in [6.07, 6.45) is 1.45. The van der Waals surface area contributed by atoms with Gasteiger partial charge in [-0.15, -0.1) is 0 Å². The van der Waals surface area contributed by atoms with Crippen molar-refractivity contribution < 1.29 is 14.3 Å². The second-order valence-corrected chi connectivity index (χ2v) is 5.12. The molecule has 24 heavy (non-hydrogen) atoms. The van der Waals surface area contributed by atoms with Crippen LogP contribution in [-0.4, -0.2) is 20.1 Å². The van der Waals surface area contributed by atoms with Crippen LogP contribution in [0.15, 0.2) is 48.0 Å². The lowest BCUT2D eigenvalue weighted by Crippen LogP contribution is -2.13. The molecule has 0 unspecified atom stereocenters. The maximum Gasteiger partial charge on any atom is 0.266 e. The number of ether oxygens (including phenoxy) is 2. The normalized spacial score (nSPS) is 10.7. The number of methoxy groups -OCH3 is 2. The van der Waals surface area contributed by atoms with Gasteiger partial charge in [-0.1, -0.05) is 23.7 Å². The molecule has 1 N–H and O–H groups in total. The van der Waals surface area contributed by atoms with Crippen LogP contribution < -0.4 is 14.8 Å². The first-order valence-electron chi connectivity index (χ1n) is 6.98. The minimum absolute atomic E-state index is 0.0709. The maximum atomic E-state index is 12.3. The highest BCUT2D eigenvalue weighted by Gasteiger charge is 2.13. The summed E-state index contributed by atoms with van der Waals surface area (Å²) >= 11 is 6.01. The number of hydrogen-bond acceptors (Lipinski definition) is 4. The number of rotatable bonds is 5. The Morgan fingerprint density at radius 1 is 1.21 bits per heavy atom. The average Bonchev–Trinajstić information content (AvgIpc) is 2.61. The summed E-state index contributed by atoms with van der Waals surface area (Å²) in [4.78, 5) is 12.3. The van der Waals surface area contributed by atoms with Crippen LogP contribution in [0.4, 0.5) is 5.69 Å². The van der Waals surface area contributed by atoms with Gasteiger partial charge >= 0.3 is 0 Å². The van der Waals surface area contributed by atoms with Crippen molar-refractivity contribution in [3.8, 4) is 17.6 Å². The predicted octanol–water partition coefficient (Wildman–Crippen LogP) is 3.90. The summed E-state index contributed by atoms with van der Waals surface area (Å²) in [6.45, 7) is 0. The highest BCUT2D eigenvalue weighted by molar-refractivity contribution is 6.34. The molecule has 0 aliphatic heterocycles. The molecule has 0 fully saturated rings. The van der Waals surface area contributed by atoms with Gasteiger partial charge in [0.2, 0.25) is 0 Å². The van der Waals surface area contributed by atoms with Crippen molar-refractivity contribution >= 4 is 29.3 Å². The number of hydrogen-bond donors (Lipinski definition) is 1. The molecule has 0 saturated carbocycles. The second-order valence-electron chi connectivity index (χ2n) is 4.71. The molecule has 0 radical (unpaired) electrons. The number of amides is 1. The maximum absolute atomic E-state index is 12.3. The summed E-state index contributed by atoms with van der Waals surface area (Å²) in [5.74, 6) is 0.555. The SMILES string of the molecule is COc1ccc(/C=C(\C#N)C(=O)Nc2ccccc2Cl)c(OC)c1. The van der Waals surface area contributed by atoms with Gasteiger partial charge in [0.15, 0.2) is 0 Å². The third-order valence-corrected chi connectivity index (χ3v) is 3.56. The zero-order valence-corrected chi connectivity index (χ0v) is 13.9. The second kappa shape index (κ2) is 8.04. The standard InChI is InChI=1S/C18H15ClN2O3/c1-23-14-8-7-12(17(10-14)24-2)9-13(11-20)18(22)21-16-6-4-3-5-15(16)19/h3-10H,1-2H3,(H,21,22)/b13-9+. The molecule has 0 aromatic heterocycles. The number of nitriles is 1.